The van der Waals surface area contributed by atoms with Crippen molar-refractivity contribution in [1.82, 2.24) is 20.5 Å². The van der Waals surface area contributed by atoms with Crippen molar-refractivity contribution in [1.29, 1.82) is 0 Å². The molecule has 1 saturated heterocycles. The maximum absolute atomic E-state index is 13.7. The van der Waals surface area contributed by atoms with Crippen LogP contribution in [0.4, 0.5) is 0 Å². The molecule has 4 rings (SSSR count). The van der Waals surface area contributed by atoms with Gasteiger partial charge in [0.2, 0.25) is 11.8 Å². The highest BCUT2D eigenvalue weighted by atomic mass is 32.1. The van der Waals surface area contributed by atoms with Crippen LogP contribution in [-0.4, -0.2) is 66.6 Å². The number of rotatable bonds is 10. The summed E-state index contributed by atoms with van der Waals surface area (Å²) in [6.07, 6.45) is 6.78. The number of morpholine rings is 1. The first-order valence-corrected chi connectivity index (χ1v) is 14.5. The fourth-order valence-corrected chi connectivity index (χ4v) is 6.37. The monoisotopic (exact) mass is 514 g/mol. The molecular formula is C28H42N4O3S. The number of nitrogens with zero attached hydrogens (tertiary/aromatic N) is 2. The summed E-state index contributed by atoms with van der Waals surface area (Å²) in [5, 5.41) is 7.24. The minimum absolute atomic E-state index is 0.0842. The lowest BCUT2D eigenvalue weighted by molar-refractivity contribution is -0.129. The average molecular weight is 515 g/mol. The van der Waals surface area contributed by atoms with Crippen LogP contribution in [0.25, 0.3) is 10.2 Å². The average Bonchev–Trinajstić information content (AvgIpc) is 3.30. The van der Waals surface area contributed by atoms with Gasteiger partial charge in [0.1, 0.15) is 6.04 Å². The second-order valence-corrected chi connectivity index (χ2v) is 11.7. The van der Waals surface area contributed by atoms with Crippen molar-refractivity contribution in [3.8, 4) is 0 Å². The van der Waals surface area contributed by atoms with Crippen molar-refractivity contribution < 1.29 is 14.3 Å². The Kier molecular flexibility index (Phi) is 9.73. The Balaban J connectivity index is 1.50. The largest absolute Gasteiger partial charge is 0.379 e. The van der Waals surface area contributed by atoms with Crippen molar-refractivity contribution >= 4 is 33.4 Å². The number of amides is 2. The van der Waals surface area contributed by atoms with E-state index in [0.717, 1.165) is 60.9 Å². The Labute approximate surface area is 219 Å². The third-order valence-electron chi connectivity index (χ3n) is 7.58. The van der Waals surface area contributed by atoms with Gasteiger partial charge in [0, 0.05) is 38.5 Å². The lowest BCUT2D eigenvalue weighted by Crippen LogP contribution is -2.56. The third kappa shape index (κ3) is 7.26. The van der Waals surface area contributed by atoms with E-state index in [4.69, 9.17) is 9.72 Å². The molecule has 0 bridgehead atoms. The molecule has 1 aromatic carbocycles. The van der Waals surface area contributed by atoms with Crippen molar-refractivity contribution in [3.63, 3.8) is 0 Å². The van der Waals surface area contributed by atoms with Crippen LogP contribution in [-0.2, 0) is 20.7 Å². The molecule has 1 saturated carbocycles. The smallest absolute Gasteiger partial charge is 0.243 e. The number of benzene rings is 1. The molecule has 1 aliphatic carbocycles. The summed E-state index contributed by atoms with van der Waals surface area (Å²) in [5.41, 5.74) is 2.23. The Hall–Kier alpha value is -2.03. The minimum atomic E-state index is -0.627. The van der Waals surface area contributed by atoms with Crippen LogP contribution in [0.3, 0.4) is 0 Å². The van der Waals surface area contributed by atoms with Gasteiger partial charge in [-0.2, -0.15) is 0 Å². The highest BCUT2D eigenvalue weighted by molar-refractivity contribution is 7.18. The number of hydrogen-bond acceptors (Lipinski definition) is 6. The van der Waals surface area contributed by atoms with E-state index in [1.165, 1.54) is 24.8 Å². The Morgan fingerprint density at radius 1 is 1.14 bits per heavy atom. The van der Waals surface area contributed by atoms with Crippen LogP contribution in [0, 0.1) is 5.92 Å². The maximum atomic E-state index is 13.7. The van der Waals surface area contributed by atoms with E-state index in [1.54, 1.807) is 11.3 Å². The molecule has 2 aliphatic rings. The SMILES string of the molecule is CCC(=O)NC(Cc1nc2ccc(C(C)C)cc2s1)C(=O)N[C@H](CN1CCOCC1)C1CCCCC1. The summed E-state index contributed by atoms with van der Waals surface area (Å²) >= 11 is 1.62. The molecule has 2 fully saturated rings. The summed E-state index contributed by atoms with van der Waals surface area (Å²) in [5.74, 6) is 0.721. The van der Waals surface area contributed by atoms with E-state index in [1.807, 2.05) is 6.92 Å². The van der Waals surface area contributed by atoms with Gasteiger partial charge in [0.05, 0.1) is 28.4 Å². The fraction of sp³-hybridized carbons (Fsp3) is 0.679. The lowest BCUT2D eigenvalue weighted by atomic mass is 9.83. The number of aromatic nitrogens is 1. The Bertz CT molecular complexity index is 1010. The molecule has 1 unspecified atom stereocenters. The van der Waals surface area contributed by atoms with Gasteiger partial charge in [-0.15, -0.1) is 11.3 Å². The van der Waals surface area contributed by atoms with Crippen molar-refractivity contribution in [3.05, 3.63) is 28.8 Å². The molecule has 1 aliphatic heterocycles. The third-order valence-corrected chi connectivity index (χ3v) is 8.62. The summed E-state index contributed by atoms with van der Waals surface area (Å²) in [4.78, 5) is 33.2. The van der Waals surface area contributed by atoms with Gasteiger partial charge in [-0.25, -0.2) is 4.98 Å². The highest BCUT2D eigenvalue weighted by Crippen LogP contribution is 2.29. The van der Waals surface area contributed by atoms with E-state index in [-0.39, 0.29) is 17.9 Å². The van der Waals surface area contributed by atoms with Crippen molar-refractivity contribution in [2.75, 3.05) is 32.8 Å². The highest BCUT2D eigenvalue weighted by Gasteiger charge is 2.31. The molecule has 36 heavy (non-hydrogen) atoms. The summed E-state index contributed by atoms with van der Waals surface area (Å²) in [6.45, 7) is 10.3. The molecule has 2 atom stereocenters. The summed E-state index contributed by atoms with van der Waals surface area (Å²) in [6, 6.07) is 5.84. The van der Waals surface area contributed by atoms with E-state index >= 15 is 0 Å². The van der Waals surface area contributed by atoms with Crippen LogP contribution in [0.15, 0.2) is 18.2 Å². The molecule has 198 valence electrons. The van der Waals surface area contributed by atoms with Gasteiger partial charge < -0.3 is 15.4 Å². The number of carbonyl (C=O) groups excluding carboxylic acids is 2. The number of thiazole rings is 1. The zero-order valence-corrected chi connectivity index (χ0v) is 22.9. The predicted octanol–water partition coefficient (Wildman–Crippen LogP) is 4.25. The van der Waals surface area contributed by atoms with Gasteiger partial charge in [0.25, 0.3) is 0 Å². The molecule has 1 aromatic heterocycles. The van der Waals surface area contributed by atoms with E-state index in [2.05, 4.69) is 47.6 Å². The molecule has 2 amide bonds. The predicted molar refractivity (Wildman–Crippen MR) is 145 cm³/mol. The molecule has 8 heteroatoms. The first kappa shape index (κ1) is 27.0. The fourth-order valence-electron chi connectivity index (χ4n) is 5.31. The number of nitrogens with one attached hydrogen (secondary N) is 2. The first-order chi connectivity index (χ1) is 17.4. The van der Waals surface area contributed by atoms with Crippen LogP contribution < -0.4 is 10.6 Å². The van der Waals surface area contributed by atoms with Gasteiger partial charge in [-0.1, -0.05) is 46.1 Å². The first-order valence-electron chi connectivity index (χ1n) is 13.7. The summed E-state index contributed by atoms with van der Waals surface area (Å²) in [7, 11) is 0. The number of fused-ring (bicyclic) bond motifs is 1. The lowest BCUT2D eigenvalue weighted by Gasteiger charge is -2.37. The van der Waals surface area contributed by atoms with E-state index in [0.29, 0.717) is 24.7 Å². The normalized spacial score (nSPS) is 19.3. The molecule has 7 nitrogen and oxygen atoms in total. The number of hydrogen-bond donors (Lipinski definition) is 2. The van der Waals surface area contributed by atoms with E-state index < -0.39 is 6.04 Å². The zero-order chi connectivity index (χ0) is 25.5. The molecule has 2 heterocycles. The summed E-state index contributed by atoms with van der Waals surface area (Å²) < 4.78 is 6.66. The van der Waals surface area contributed by atoms with Crippen LogP contribution in [0.2, 0.25) is 0 Å². The van der Waals surface area contributed by atoms with Crippen LogP contribution >= 0.6 is 11.3 Å². The van der Waals surface area contributed by atoms with Crippen molar-refractivity contribution in [2.45, 2.75) is 83.7 Å². The maximum Gasteiger partial charge on any atom is 0.243 e. The molecule has 0 radical (unpaired) electrons. The van der Waals surface area contributed by atoms with Gasteiger partial charge in [-0.3, -0.25) is 14.5 Å². The van der Waals surface area contributed by atoms with E-state index in [9.17, 15) is 9.59 Å². The second-order valence-electron chi connectivity index (χ2n) is 10.6. The standard InChI is InChI=1S/C28H42N4O3S/c1-4-26(33)29-23(17-27-30-22-11-10-21(19(2)3)16-25(22)36-27)28(34)31-24(20-8-6-5-7-9-20)18-32-12-14-35-15-13-32/h10-11,16,19-20,23-24H,4-9,12-15,17-18H2,1-3H3,(H,29,33)(H,31,34)/t23?,24-/m1/s1. The van der Waals surface area contributed by atoms with Gasteiger partial charge in [0.15, 0.2) is 0 Å². The second kappa shape index (κ2) is 13.0. The Morgan fingerprint density at radius 2 is 1.89 bits per heavy atom. The van der Waals surface area contributed by atoms with Crippen LogP contribution in [0.5, 0.6) is 0 Å². The van der Waals surface area contributed by atoms with Crippen molar-refractivity contribution in [2.24, 2.45) is 5.92 Å². The molecular weight excluding hydrogens is 472 g/mol. The quantitative estimate of drug-likeness (QED) is 0.495. The molecule has 2 N–H and O–H groups in total. The Morgan fingerprint density at radius 3 is 2.58 bits per heavy atom. The molecule has 2 aromatic rings. The number of ether oxygens (including phenoxy) is 1. The minimum Gasteiger partial charge on any atom is -0.379 e. The van der Waals surface area contributed by atoms with Gasteiger partial charge in [-0.05, 0) is 42.4 Å². The van der Waals surface area contributed by atoms with Crippen LogP contribution in [0.1, 0.15) is 75.8 Å². The number of carbonyl (C=O) groups is 2. The topological polar surface area (TPSA) is 83.6 Å². The zero-order valence-electron chi connectivity index (χ0n) is 22.1. The van der Waals surface area contributed by atoms with Gasteiger partial charge >= 0.3 is 0 Å². The molecule has 0 spiro atoms.